The van der Waals surface area contributed by atoms with E-state index in [2.05, 4.69) is 5.32 Å². The lowest BCUT2D eigenvalue weighted by Crippen LogP contribution is -2.32. The highest BCUT2D eigenvalue weighted by molar-refractivity contribution is 4.89. The molecule has 1 aliphatic carbocycles. The topological polar surface area (TPSA) is 32.3 Å². The summed E-state index contributed by atoms with van der Waals surface area (Å²) >= 11 is 0. The fourth-order valence-corrected chi connectivity index (χ4v) is 2.07. The number of rotatable bonds is 0. The second-order valence-electron chi connectivity index (χ2n) is 3.32. The molecule has 0 aromatic carbocycles. The lowest BCUT2D eigenvalue weighted by atomic mass is 10.0. The molecule has 1 saturated carbocycles. The molecule has 2 nitrogen and oxygen atoms in total. The van der Waals surface area contributed by atoms with E-state index in [1.54, 1.807) is 0 Å². The molecule has 0 spiro atoms. The summed E-state index contributed by atoms with van der Waals surface area (Å²) in [6.07, 6.45) is 2.30. The van der Waals surface area contributed by atoms with Gasteiger partial charge in [0, 0.05) is 6.54 Å². The van der Waals surface area contributed by atoms with Crippen molar-refractivity contribution in [2.45, 2.75) is 18.9 Å². The standard InChI is InChI=1S/C7H13NO/c9-7-2-5-1-6(7)4-8-3-5/h5-9H,1-4H2/t5-,6-,7+/m1/s1. The van der Waals surface area contributed by atoms with Crippen LogP contribution in [0.4, 0.5) is 0 Å². The SMILES string of the molecule is O[C@H]1C[C@@H]2CNC[C@H]1C2. The van der Waals surface area contributed by atoms with Gasteiger partial charge in [0.15, 0.2) is 0 Å². The van der Waals surface area contributed by atoms with Gasteiger partial charge in [0.05, 0.1) is 6.10 Å². The molecule has 0 amide bonds. The minimum absolute atomic E-state index is 0.00463. The summed E-state index contributed by atoms with van der Waals surface area (Å²) in [5.74, 6) is 1.35. The molecule has 52 valence electrons. The van der Waals surface area contributed by atoms with Gasteiger partial charge in [-0.25, -0.2) is 0 Å². The Balaban J connectivity index is 2.07. The van der Waals surface area contributed by atoms with Crippen molar-refractivity contribution in [3.63, 3.8) is 0 Å². The number of nitrogens with one attached hydrogen (secondary N) is 1. The largest absolute Gasteiger partial charge is 0.393 e. The third-order valence-electron chi connectivity index (χ3n) is 2.59. The lowest BCUT2D eigenvalue weighted by molar-refractivity contribution is 0.135. The summed E-state index contributed by atoms with van der Waals surface area (Å²) in [4.78, 5) is 0. The van der Waals surface area contributed by atoms with Crippen molar-refractivity contribution < 1.29 is 5.11 Å². The molecular formula is C7H13NO. The van der Waals surface area contributed by atoms with Gasteiger partial charge in [-0.1, -0.05) is 0 Å². The Hall–Kier alpha value is -0.0800. The summed E-state index contributed by atoms with van der Waals surface area (Å²) in [6, 6.07) is 0. The van der Waals surface area contributed by atoms with Crippen molar-refractivity contribution in [1.82, 2.24) is 5.32 Å². The van der Waals surface area contributed by atoms with E-state index in [0.29, 0.717) is 5.92 Å². The maximum absolute atomic E-state index is 9.36. The molecule has 2 N–H and O–H groups in total. The fraction of sp³-hybridized carbons (Fsp3) is 1.00. The predicted octanol–water partition coefficient (Wildman–Crippen LogP) is -0.0233. The molecule has 0 aromatic rings. The number of piperidine rings is 1. The number of aliphatic hydroxyl groups excluding tert-OH is 1. The van der Waals surface area contributed by atoms with Crippen molar-refractivity contribution in [1.29, 1.82) is 0 Å². The Kier molecular flexibility index (Phi) is 1.24. The molecule has 2 fully saturated rings. The molecule has 0 unspecified atom stereocenters. The third kappa shape index (κ3) is 0.864. The van der Waals surface area contributed by atoms with Crippen LogP contribution in [0.25, 0.3) is 0 Å². The molecule has 0 radical (unpaired) electrons. The molecule has 2 heteroatoms. The van der Waals surface area contributed by atoms with E-state index in [9.17, 15) is 5.11 Å². The molecule has 1 saturated heterocycles. The Morgan fingerprint density at radius 2 is 2.11 bits per heavy atom. The summed E-state index contributed by atoms with van der Waals surface area (Å²) < 4.78 is 0. The van der Waals surface area contributed by atoms with Gasteiger partial charge in [-0.3, -0.25) is 0 Å². The van der Waals surface area contributed by atoms with E-state index in [1.807, 2.05) is 0 Å². The molecule has 3 atom stereocenters. The fourth-order valence-electron chi connectivity index (χ4n) is 2.07. The van der Waals surface area contributed by atoms with E-state index < -0.39 is 0 Å². The average molecular weight is 127 g/mol. The minimum atomic E-state index is 0.00463. The molecule has 2 rings (SSSR count). The second-order valence-corrected chi connectivity index (χ2v) is 3.32. The van der Waals surface area contributed by atoms with Crippen LogP contribution in [-0.4, -0.2) is 24.3 Å². The van der Waals surface area contributed by atoms with Crippen LogP contribution in [-0.2, 0) is 0 Å². The molecule has 2 bridgehead atoms. The van der Waals surface area contributed by atoms with Crippen LogP contribution in [0.5, 0.6) is 0 Å². The van der Waals surface area contributed by atoms with Crippen LogP contribution in [0.3, 0.4) is 0 Å². The maximum atomic E-state index is 9.36. The van der Waals surface area contributed by atoms with E-state index in [4.69, 9.17) is 0 Å². The first-order valence-electron chi connectivity index (χ1n) is 3.75. The number of fused-ring (bicyclic) bond motifs is 2. The Morgan fingerprint density at radius 3 is 2.78 bits per heavy atom. The van der Waals surface area contributed by atoms with Gasteiger partial charge in [0.25, 0.3) is 0 Å². The first-order valence-corrected chi connectivity index (χ1v) is 3.75. The van der Waals surface area contributed by atoms with Gasteiger partial charge in [0.1, 0.15) is 0 Å². The summed E-state index contributed by atoms with van der Waals surface area (Å²) in [5, 5.41) is 12.7. The van der Waals surface area contributed by atoms with Gasteiger partial charge in [0.2, 0.25) is 0 Å². The normalized spacial score (nSPS) is 49.7. The van der Waals surface area contributed by atoms with Gasteiger partial charge in [-0.05, 0) is 31.2 Å². The van der Waals surface area contributed by atoms with Crippen molar-refractivity contribution >= 4 is 0 Å². The van der Waals surface area contributed by atoms with Crippen LogP contribution in [0.2, 0.25) is 0 Å². The van der Waals surface area contributed by atoms with E-state index in [-0.39, 0.29) is 6.10 Å². The van der Waals surface area contributed by atoms with Gasteiger partial charge in [-0.15, -0.1) is 0 Å². The van der Waals surface area contributed by atoms with Crippen molar-refractivity contribution in [2.75, 3.05) is 13.1 Å². The molecule has 0 aromatic heterocycles. The summed E-state index contributed by atoms with van der Waals surface area (Å²) in [5.41, 5.74) is 0. The molecule has 2 aliphatic rings. The Morgan fingerprint density at radius 1 is 1.22 bits per heavy atom. The third-order valence-corrected chi connectivity index (χ3v) is 2.59. The van der Waals surface area contributed by atoms with E-state index >= 15 is 0 Å². The van der Waals surface area contributed by atoms with Crippen molar-refractivity contribution in [3.05, 3.63) is 0 Å². The highest BCUT2D eigenvalue weighted by atomic mass is 16.3. The first kappa shape index (κ1) is 5.69. The lowest BCUT2D eigenvalue weighted by Gasteiger charge is -2.19. The zero-order valence-corrected chi connectivity index (χ0v) is 5.51. The monoisotopic (exact) mass is 127 g/mol. The number of aliphatic hydroxyl groups is 1. The van der Waals surface area contributed by atoms with Crippen molar-refractivity contribution in [3.8, 4) is 0 Å². The predicted molar refractivity (Wildman–Crippen MR) is 35.1 cm³/mol. The second kappa shape index (κ2) is 1.96. The zero-order valence-electron chi connectivity index (χ0n) is 5.51. The van der Waals surface area contributed by atoms with Gasteiger partial charge >= 0.3 is 0 Å². The highest BCUT2D eigenvalue weighted by Crippen LogP contribution is 2.32. The molecular weight excluding hydrogens is 114 g/mol. The molecule has 1 aliphatic heterocycles. The maximum Gasteiger partial charge on any atom is 0.0583 e. The summed E-state index contributed by atoms with van der Waals surface area (Å²) in [6.45, 7) is 2.17. The van der Waals surface area contributed by atoms with Crippen LogP contribution < -0.4 is 5.32 Å². The molecule has 1 heterocycles. The van der Waals surface area contributed by atoms with Gasteiger partial charge < -0.3 is 10.4 Å². The van der Waals surface area contributed by atoms with Crippen LogP contribution >= 0.6 is 0 Å². The van der Waals surface area contributed by atoms with Crippen molar-refractivity contribution in [2.24, 2.45) is 11.8 Å². The summed E-state index contributed by atoms with van der Waals surface area (Å²) in [7, 11) is 0. The average Bonchev–Trinajstić information content (AvgIpc) is 2.09. The highest BCUT2D eigenvalue weighted by Gasteiger charge is 2.35. The number of hydrogen-bond donors (Lipinski definition) is 2. The minimum Gasteiger partial charge on any atom is -0.393 e. The first-order chi connectivity index (χ1) is 4.36. The number of hydrogen-bond acceptors (Lipinski definition) is 2. The van der Waals surface area contributed by atoms with Crippen LogP contribution in [0, 0.1) is 11.8 Å². The Bertz CT molecular complexity index is 113. The van der Waals surface area contributed by atoms with Crippen LogP contribution in [0.1, 0.15) is 12.8 Å². The van der Waals surface area contributed by atoms with E-state index in [0.717, 1.165) is 25.4 Å². The molecule has 9 heavy (non-hydrogen) atoms. The van der Waals surface area contributed by atoms with Crippen LogP contribution in [0.15, 0.2) is 0 Å². The quantitative estimate of drug-likeness (QED) is 0.479. The Labute approximate surface area is 55.3 Å². The smallest absolute Gasteiger partial charge is 0.0583 e. The zero-order chi connectivity index (χ0) is 6.27. The van der Waals surface area contributed by atoms with Gasteiger partial charge in [-0.2, -0.15) is 0 Å². The van der Waals surface area contributed by atoms with E-state index in [1.165, 1.54) is 6.42 Å².